The normalized spacial score (nSPS) is 13.8. The molecule has 30 heavy (non-hydrogen) atoms. The number of methoxy groups -OCH3 is 1. The predicted octanol–water partition coefficient (Wildman–Crippen LogP) is 4.03. The van der Waals surface area contributed by atoms with Crippen LogP contribution < -0.4 is 15.4 Å². The summed E-state index contributed by atoms with van der Waals surface area (Å²) in [5.74, 6) is -0.0638. The molecular weight excluding hydrogens is 382 g/mol. The van der Waals surface area contributed by atoms with Gasteiger partial charge < -0.3 is 15.3 Å². The number of para-hydroxylation sites is 2. The Bertz CT molecular complexity index is 1160. The average Bonchev–Trinajstić information content (AvgIpc) is 2.91. The van der Waals surface area contributed by atoms with Gasteiger partial charge in [-0.15, -0.1) is 0 Å². The number of carbonyl (C=O) groups is 2. The maximum atomic E-state index is 12.5. The fourth-order valence-corrected chi connectivity index (χ4v) is 3.41. The van der Waals surface area contributed by atoms with Crippen LogP contribution in [-0.2, 0) is 11.3 Å². The van der Waals surface area contributed by atoms with E-state index in [4.69, 9.17) is 15.3 Å². The molecule has 4 rings (SSSR count). The van der Waals surface area contributed by atoms with Crippen molar-refractivity contribution in [1.82, 2.24) is 0 Å². The minimum Gasteiger partial charge on any atom is -0.497 e. The van der Waals surface area contributed by atoms with Crippen LogP contribution >= 0.6 is 0 Å². The second kappa shape index (κ2) is 8.08. The van der Waals surface area contributed by atoms with Crippen LogP contribution in [0.1, 0.15) is 21.5 Å². The van der Waals surface area contributed by atoms with Gasteiger partial charge >= 0.3 is 12.0 Å². The molecule has 0 saturated heterocycles. The summed E-state index contributed by atoms with van der Waals surface area (Å²) in [6.07, 6.45) is 0.363. The van der Waals surface area contributed by atoms with Crippen molar-refractivity contribution in [1.29, 1.82) is 0 Å². The molecule has 0 aromatic heterocycles. The minimum atomic E-state index is -0.608. The van der Waals surface area contributed by atoms with Gasteiger partial charge in [0, 0.05) is 12.0 Å². The van der Waals surface area contributed by atoms with Crippen molar-refractivity contribution in [2.24, 2.45) is 10.9 Å². The van der Waals surface area contributed by atoms with Gasteiger partial charge in [-0.25, -0.2) is 9.59 Å². The second-order valence-electron chi connectivity index (χ2n) is 6.64. The molecule has 150 valence electrons. The quantitative estimate of drug-likeness (QED) is 0.530. The third-order valence-electron chi connectivity index (χ3n) is 4.81. The number of fused-ring (bicyclic) bond motifs is 2. The lowest BCUT2D eigenvalue weighted by Gasteiger charge is -2.22. The summed E-state index contributed by atoms with van der Waals surface area (Å²) in [5, 5.41) is 4.16. The highest BCUT2D eigenvalue weighted by atomic mass is 16.7. The Hall–Kier alpha value is -4.13. The van der Waals surface area contributed by atoms with Gasteiger partial charge in [-0.1, -0.05) is 47.6 Å². The molecule has 7 nitrogen and oxygen atoms in total. The third kappa shape index (κ3) is 3.60. The highest BCUT2D eigenvalue weighted by molar-refractivity contribution is 6.13. The summed E-state index contributed by atoms with van der Waals surface area (Å²) in [7, 11) is 1.52. The standard InChI is InChI=1S/C23H19N3O4/c1-29-17-9-6-8-16(13-17)22(27)30-25-19-14-15-7-2-4-11-20(15)26(23(24)28)21-12-5-3-10-18(19)21/h2-13H,14H2,1H3,(H2,24,28). The van der Waals surface area contributed by atoms with E-state index in [-0.39, 0.29) is 0 Å². The van der Waals surface area contributed by atoms with Crippen LogP contribution in [0.3, 0.4) is 0 Å². The SMILES string of the molecule is COc1cccc(C(=O)ON=C2Cc3ccccc3N(C(N)=O)c3ccccc32)c1. The first-order valence-corrected chi connectivity index (χ1v) is 9.27. The minimum absolute atomic E-state index is 0.319. The number of amides is 2. The van der Waals surface area contributed by atoms with E-state index in [9.17, 15) is 9.59 Å². The molecule has 0 bridgehead atoms. The molecule has 0 fully saturated rings. The number of nitrogens with two attached hydrogens (primary N) is 1. The fraction of sp³-hybridized carbons (Fsp3) is 0.0870. The first-order chi connectivity index (χ1) is 14.6. The van der Waals surface area contributed by atoms with Crippen LogP contribution in [0.4, 0.5) is 16.2 Å². The molecule has 0 spiro atoms. The van der Waals surface area contributed by atoms with E-state index in [2.05, 4.69) is 5.16 Å². The summed E-state index contributed by atoms with van der Waals surface area (Å²) in [4.78, 5) is 31.5. The largest absolute Gasteiger partial charge is 0.497 e. The fourth-order valence-electron chi connectivity index (χ4n) is 3.41. The molecule has 0 saturated carbocycles. The van der Waals surface area contributed by atoms with Crippen LogP contribution in [0.25, 0.3) is 0 Å². The van der Waals surface area contributed by atoms with Crippen molar-refractivity contribution in [3.05, 3.63) is 89.5 Å². The van der Waals surface area contributed by atoms with Crippen molar-refractivity contribution in [3.8, 4) is 5.75 Å². The first-order valence-electron chi connectivity index (χ1n) is 9.27. The maximum absolute atomic E-state index is 12.5. The smallest absolute Gasteiger partial charge is 0.365 e. The summed E-state index contributed by atoms with van der Waals surface area (Å²) < 4.78 is 5.14. The van der Waals surface area contributed by atoms with Gasteiger partial charge in [-0.2, -0.15) is 0 Å². The topological polar surface area (TPSA) is 94.2 Å². The molecule has 1 aliphatic rings. The third-order valence-corrected chi connectivity index (χ3v) is 4.81. The van der Waals surface area contributed by atoms with Gasteiger partial charge in [0.15, 0.2) is 0 Å². The molecule has 7 heteroatoms. The number of ether oxygens (including phenoxy) is 1. The number of primary amides is 1. The number of anilines is 2. The van der Waals surface area contributed by atoms with Gasteiger partial charge in [0.1, 0.15) is 5.75 Å². The predicted molar refractivity (Wildman–Crippen MR) is 113 cm³/mol. The van der Waals surface area contributed by atoms with Gasteiger partial charge in [0.2, 0.25) is 0 Å². The van der Waals surface area contributed by atoms with Gasteiger partial charge in [-0.05, 0) is 35.9 Å². The Morgan fingerprint density at radius 3 is 2.47 bits per heavy atom. The van der Waals surface area contributed by atoms with Crippen LogP contribution in [0.5, 0.6) is 5.75 Å². The lowest BCUT2D eigenvalue weighted by molar-refractivity contribution is 0.0515. The van der Waals surface area contributed by atoms with E-state index in [0.717, 1.165) is 5.56 Å². The van der Waals surface area contributed by atoms with E-state index in [0.29, 0.717) is 40.4 Å². The Kier molecular flexibility index (Phi) is 5.17. The van der Waals surface area contributed by atoms with E-state index < -0.39 is 12.0 Å². The lowest BCUT2D eigenvalue weighted by atomic mass is 10.0. The highest BCUT2D eigenvalue weighted by Gasteiger charge is 2.27. The van der Waals surface area contributed by atoms with Crippen molar-refractivity contribution in [2.45, 2.75) is 6.42 Å². The molecule has 0 unspecified atom stereocenters. The molecule has 1 aliphatic heterocycles. The number of hydrogen-bond acceptors (Lipinski definition) is 5. The summed E-state index contributed by atoms with van der Waals surface area (Å²) >= 11 is 0. The number of rotatable bonds is 3. The van der Waals surface area contributed by atoms with Gasteiger partial charge in [0.05, 0.1) is 29.8 Å². The van der Waals surface area contributed by atoms with Crippen LogP contribution in [0.2, 0.25) is 0 Å². The zero-order valence-corrected chi connectivity index (χ0v) is 16.2. The highest BCUT2D eigenvalue weighted by Crippen LogP contribution is 2.36. The van der Waals surface area contributed by atoms with Gasteiger partial charge in [0.25, 0.3) is 0 Å². The number of nitrogens with zero attached hydrogens (tertiary/aromatic N) is 2. The number of carbonyl (C=O) groups excluding carboxylic acids is 2. The van der Waals surface area contributed by atoms with Crippen molar-refractivity contribution in [3.63, 3.8) is 0 Å². The molecule has 0 radical (unpaired) electrons. The number of urea groups is 1. The van der Waals surface area contributed by atoms with Gasteiger partial charge in [-0.3, -0.25) is 4.90 Å². The maximum Gasteiger partial charge on any atom is 0.365 e. The molecule has 3 aromatic rings. The molecule has 3 aromatic carbocycles. The Labute approximate surface area is 173 Å². The van der Waals surface area contributed by atoms with E-state index >= 15 is 0 Å². The van der Waals surface area contributed by atoms with E-state index in [1.54, 1.807) is 30.3 Å². The Morgan fingerprint density at radius 2 is 1.70 bits per heavy atom. The van der Waals surface area contributed by atoms with Crippen molar-refractivity contribution >= 4 is 29.1 Å². The number of oxime groups is 1. The summed E-state index contributed by atoms with van der Waals surface area (Å²) in [6.45, 7) is 0. The molecule has 2 amide bonds. The van der Waals surface area contributed by atoms with Crippen LogP contribution in [-0.4, -0.2) is 24.8 Å². The zero-order chi connectivity index (χ0) is 21.1. The number of hydrogen-bond donors (Lipinski definition) is 1. The molecular formula is C23H19N3O4. The lowest BCUT2D eigenvalue weighted by Crippen LogP contribution is -2.32. The van der Waals surface area contributed by atoms with E-state index in [1.165, 1.54) is 12.0 Å². The molecule has 0 atom stereocenters. The number of benzene rings is 3. The Balaban J connectivity index is 1.75. The monoisotopic (exact) mass is 401 g/mol. The van der Waals surface area contributed by atoms with Crippen LogP contribution in [0.15, 0.2) is 78.0 Å². The zero-order valence-electron chi connectivity index (χ0n) is 16.2. The van der Waals surface area contributed by atoms with Crippen molar-refractivity contribution < 1.29 is 19.2 Å². The summed E-state index contributed by atoms with van der Waals surface area (Å²) in [6, 6.07) is 20.7. The molecule has 2 N–H and O–H groups in total. The summed E-state index contributed by atoms with van der Waals surface area (Å²) in [5.41, 5.74) is 9.26. The molecule has 1 heterocycles. The Morgan fingerprint density at radius 1 is 0.967 bits per heavy atom. The first kappa shape index (κ1) is 19.2. The van der Waals surface area contributed by atoms with E-state index in [1.807, 2.05) is 42.5 Å². The van der Waals surface area contributed by atoms with Crippen molar-refractivity contribution in [2.75, 3.05) is 12.0 Å². The second-order valence-corrected chi connectivity index (χ2v) is 6.64. The average molecular weight is 401 g/mol. The molecule has 0 aliphatic carbocycles. The van der Waals surface area contributed by atoms with Crippen LogP contribution in [0, 0.1) is 0 Å².